The van der Waals surface area contributed by atoms with Crippen LogP contribution in [0.1, 0.15) is 25.3 Å². The topological polar surface area (TPSA) is 113 Å². The Bertz CT molecular complexity index is 601. The number of aryl methyl sites for hydroxylation is 1. The van der Waals surface area contributed by atoms with Crippen LogP contribution in [0.2, 0.25) is 0 Å². The number of sulfonamides is 1. The predicted octanol–water partition coefficient (Wildman–Crippen LogP) is 1.99. The van der Waals surface area contributed by atoms with E-state index >= 15 is 0 Å². The summed E-state index contributed by atoms with van der Waals surface area (Å²) < 4.78 is 27.3. The number of nitro benzene ring substituents is 1. The highest BCUT2D eigenvalue weighted by Gasteiger charge is 2.11. The zero-order valence-corrected chi connectivity index (χ0v) is 12.9. The van der Waals surface area contributed by atoms with Gasteiger partial charge in [-0.15, -0.1) is 0 Å². The fourth-order valence-electron chi connectivity index (χ4n) is 1.74. The van der Waals surface area contributed by atoms with Gasteiger partial charge in [-0.1, -0.05) is 6.92 Å². The number of nitro groups is 1. The maximum absolute atomic E-state index is 10.9. The van der Waals surface area contributed by atoms with Crippen molar-refractivity contribution < 1.29 is 18.1 Å². The van der Waals surface area contributed by atoms with Gasteiger partial charge in [-0.25, -0.2) is 13.6 Å². The van der Waals surface area contributed by atoms with E-state index in [1.54, 1.807) is 6.07 Å². The second-order valence-electron chi connectivity index (χ2n) is 5.10. The average Bonchev–Trinajstić information content (AvgIpc) is 2.37. The number of non-ortho nitro benzene ring substituents is 1. The first-order chi connectivity index (χ1) is 9.69. The van der Waals surface area contributed by atoms with Crippen molar-refractivity contribution in [2.45, 2.75) is 26.7 Å². The summed E-state index contributed by atoms with van der Waals surface area (Å²) in [6.07, 6.45) is 1.12. The fraction of sp³-hybridized carbons (Fsp3) is 0.538. The Kier molecular flexibility index (Phi) is 6.10. The van der Waals surface area contributed by atoms with Gasteiger partial charge in [0.25, 0.3) is 5.69 Å². The van der Waals surface area contributed by atoms with Crippen LogP contribution in [0.15, 0.2) is 18.2 Å². The Morgan fingerprint density at radius 2 is 2.05 bits per heavy atom. The lowest BCUT2D eigenvalue weighted by Crippen LogP contribution is -2.18. The minimum atomic E-state index is -3.43. The monoisotopic (exact) mass is 316 g/mol. The minimum absolute atomic E-state index is 0.0159. The normalized spacial score (nSPS) is 12.9. The van der Waals surface area contributed by atoms with Crippen LogP contribution < -0.4 is 9.88 Å². The number of hydrogen-bond donors (Lipinski definition) is 1. The molecule has 0 saturated heterocycles. The lowest BCUT2D eigenvalue weighted by Gasteiger charge is -2.13. The molecule has 0 aliphatic heterocycles. The van der Waals surface area contributed by atoms with Crippen molar-refractivity contribution >= 4 is 15.7 Å². The van der Waals surface area contributed by atoms with Gasteiger partial charge in [-0.05, 0) is 37.3 Å². The van der Waals surface area contributed by atoms with Gasteiger partial charge in [0.05, 0.1) is 23.3 Å². The van der Waals surface area contributed by atoms with Gasteiger partial charge in [0, 0.05) is 6.07 Å². The Balaban J connectivity index is 2.48. The molecule has 2 N–H and O–H groups in total. The highest BCUT2D eigenvalue weighted by Crippen LogP contribution is 2.24. The minimum Gasteiger partial charge on any atom is -0.493 e. The summed E-state index contributed by atoms with van der Waals surface area (Å²) >= 11 is 0. The van der Waals surface area contributed by atoms with Crippen LogP contribution in [0.3, 0.4) is 0 Å². The summed E-state index contributed by atoms with van der Waals surface area (Å²) in [4.78, 5) is 10.2. The molecule has 0 spiro atoms. The van der Waals surface area contributed by atoms with E-state index in [1.807, 2.05) is 13.8 Å². The second-order valence-corrected chi connectivity index (χ2v) is 6.84. The third kappa shape index (κ3) is 6.54. The third-order valence-electron chi connectivity index (χ3n) is 3.15. The maximum Gasteiger partial charge on any atom is 0.273 e. The quantitative estimate of drug-likeness (QED) is 0.582. The van der Waals surface area contributed by atoms with Crippen molar-refractivity contribution in [1.82, 2.24) is 0 Å². The molecule has 118 valence electrons. The molecular weight excluding hydrogens is 296 g/mol. The molecule has 1 aromatic rings. The van der Waals surface area contributed by atoms with Crippen molar-refractivity contribution in [1.29, 1.82) is 0 Å². The number of nitrogens with two attached hydrogens (primary N) is 1. The summed E-state index contributed by atoms with van der Waals surface area (Å²) in [5.41, 5.74) is 0.802. The molecule has 0 aliphatic rings. The standard InChI is InChI=1S/C13H20N2O5S/c1-10(6-8-21(14,18)19)5-7-20-13-9-12(15(16)17)4-3-11(13)2/h3-4,9-10H,5-8H2,1-2H3,(H2,14,18,19). The average molecular weight is 316 g/mol. The van der Waals surface area contributed by atoms with Crippen LogP contribution in [-0.2, 0) is 10.0 Å². The Hall–Kier alpha value is -1.67. The van der Waals surface area contributed by atoms with Crippen LogP contribution in [0.4, 0.5) is 5.69 Å². The number of hydrogen-bond acceptors (Lipinski definition) is 5. The summed E-state index contributed by atoms with van der Waals surface area (Å²) in [6.45, 7) is 4.09. The molecular formula is C13H20N2O5S. The lowest BCUT2D eigenvalue weighted by atomic mass is 10.1. The summed E-state index contributed by atoms with van der Waals surface area (Å²) in [6, 6.07) is 4.46. The second kappa shape index (κ2) is 7.37. The van der Waals surface area contributed by atoms with Crippen molar-refractivity contribution in [3.8, 4) is 5.75 Å². The molecule has 0 bridgehead atoms. The van der Waals surface area contributed by atoms with E-state index in [1.165, 1.54) is 12.1 Å². The van der Waals surface area contributed by atoms with Gasteiger partial charge in [0.1, 0.15) is 5.75 Å². The van der Waals surface area contributed by atoms with Gasteiger partial charge < -0.3 is 4.74 Å². The molecule has 1 rings (SSSR count). The van der Waals surface area contributed by atoms with Crippen molar-refractivity contribution in [2.75, 3.05) is 12.4 Å². The first-order valence-electron chi connectivity index (χ1n) is 6.57. The molecule has 7 nitrogen and oxygen atoms in total. The van der Waals surface area contributed by atoms with E-state index in [-0.39, 0.29) is 17.4 Å². The summed E-state index contributed by atoms with van der Waals surface area (Å²) in [5, 5.41) is 15.7. The number of nitrogens with zero attached hydrogens (tertiary/aromatic N) is 1. The molecule has 0 aromatic heterocycles. The van der Waals surface area contributed by atoms with Crippen LogP contribution in [0.5, 0.6) is 5.75 Å². The van der Waals surface area contributed by atoms with Gasteiger partial charge in [0.15, 0.2) is 0 Å². The first-order valence-corrected chi connectivity index (χ1v) is 8.29. The Labute approximate surface area is 124 Å². The highest BCUT2D eigenvalue weighted by atomic mass is 32.2. The number of ether oxygens (including phenoxy) is 1. The van der Waals surface area contributed by atoms with E-state index in [4.69, 9.17) is 9.88 Å². The molecule has 1 atom stereocenters. The SMILES string of the molecule is Cc1ccc([N+](=O)[O-])cc1OCCC(C)CCS(N)(=O)=O. The van der Waals surface area contributed by atoms with Crippen LogP contribution >= 0.6 is 0 Å². The zero-order chi connectivity index (χ0) is 16.0. The van der Waals surface area contributed by atoms with Crippen LogP contribution in [0, 0.1) is 23.0 Å². The molecule has 0 fully saturated rings. The van der Waals surface area contributed by atoms with E-state index in [2.05, 4.69) is 0 Å². The number of rotatable bonds is 8. The van der Waals surface area contributed by atoms with E-state index in [9.17, 15) is 18.5 Å². The van der Waals surface area contributed by atoms with E-state index in [0.29, 0.717) is 25.2 Å². The summed E-state index contributed by atoms with van der Waals surface area (Å²) in [5.74, 6) is 0.564. The Morgan fingerprint density at radius 1 is 1.38 bits per heavy atom. The van der Waals surface area contributed by atoms with Crippen molar-refractivity contribution in [2.24, 2.45) is 11.1 Å². The Morgan fingerprint density at radius 3 is 2.62 bits per heavy atom. The number of primary sulfonamides is 1. The first kappa shape index (κ1) is 17.4. The molecule has 8 heteroatoms. The van der Waals surface area contributed by atoms with Gasteiger partial charge >= 0.3 is 0 Å². The molecule has 1 unspecified atom stereocenters. The smallest absolute Gasteiger partial charge is 0.273 e. The molecule has 0 amide bonds. The van der Waals surface area contributed by atoms with E-state index < -0.39 is 14.9 Å². The maximum atomic E-state index is 10.9. The van der Waals surface area contributed by atoms with E-state index in [0.717, 1.165) is 5.56 Å². The van der Waals surface area contributed by atoms with Crippen LogP contribution in [0.25, 0.3) is 0 Å². The molecule has 0 saturated carbocycles. The van der Waals surface area contributed by atoms with Gasteiger partial charge in [0.2, 0.25) is 10.0 Å². The summed E-state index contributed by atoms with van der Waals surface area (Å²) in [7, 11) is -3.43. The lowest BCUT2D eigenvalue weighted by molar-refractivity contribution is -0.384. The molecule has 0 heterocycles. The van der Waals surface area contributed by atoms with Crippen molar-refractivity contribution in [3.05, 3.63) is 33.9 Å². The van der Waals surface area contributed by atoms with Crippen LogP contribution in [-0.4, -0.2) is 25.7 Å². The zero-order valence-electron chi connectivity index (χ0n) is 12.1. The molecule has 1 aromatic carbocycles. The molecule has 0 radical (unpaired) electrons. The fourth-order valence-corrected chi connectivity index (χ4v) is 2.47. The van der Waals surface area contributed by atoms with Crippen molar-refractivity contribution in [3.63, 3.8) is 0 Å². The predicted molar refractivity (Wildman–Crippen MR) is 79.7 cm³/mol. The highest BCUT2D eigenvalue weighted by molar-refractivity contribution is 7.89. The largest absolute Gasteiger partial charge is 0.493 e. The molecule has 0 aliphatic carbocycles. The molecule has 21 heavy (non-hydrogen) atoms. The number of benzene rings is 1. The third-order valence-corrected chi connectivity index (χ3v) is 3.95. The van der Waals surface area contributed by atoms with Gasteiger partial charge in [-0.2, -0.15) is 0 Å². The van der Waals surface area contributed by atoms with Gasteiger partial charge in [-0.3, -0.25) is 10.1 Å².